The maximum absolute atomic E-state index is 12.8. The minimum absolute atomic E-state index is 0.00881. The zero-order valence-electron chi connectivity index (χ0n) is 13.2. The van der Waals surface area contributed by atoms with Crippen molar-refractivity contribution in [3.63, 3.8) is 0 Å². The minimum Gasteiger partial charge on any atom is -0.465 e. The minimum atomic E-state index is -0.442. The van der Waals surface area contributed by atoms with Crippen molar-refractivity contribution in [2.75, 3.05) is 13.7 Å². The summed E-state index contributed by atoms with van der Waals surface area (Å²) in [5.41, 5.74) is 1.78. The van der Waals surface area contributed by atoms with Crippen LogP contribution >= 0.6 is 0 Å². The number of aromatic nitrogens is 2. The van der Waals surface area contributed by atoms with Crippen molar-refractivity contribution in [3.05, 3.63) is 53.3 Å². The molecule has 0 N–H and O–H groups in total. The highest BCUT2D eigenvalue weighted by Gasteiger charge is 2.32. The molecule has 0 saturated carbocycles. The number of carbonyl (C=O) groups is 2. The molecule has 23 heavy (non-hydrogen) atoms. The van der Waals surface area contributed by atoms with Crippen LogP contribution in [0.2, 0.25) is 0 Å². The maximum atomic E-state index is 12.8. The SMILES string of the molecule is COC(=O)c1cccc(C(=O)N2CCCC2c2ccn(C)n2)c1. The van der Waals surface area contributed by atoms with Gasteiger partial charge >= 0.3 is 5.97 Å². The first kappa shape index (κ1) is 15.3. The predicted molar refractivity (Wildman–Crippen MR) is 84.0 cm³/mol. The Bertz CT molecular complexity index is 738. The molecule has 1 atom stereocenters. The van der Waals surface area contributed by atoms with Gasteiger partial charge in [-0.1, -0.05) is 6.07 Å². The van der Waals surface area contributed by atoms with E-state index in [0.717, 1.165) is 18.5 Å². The molecule has 1 aliphatic heterocycles. The Morgan fingerprint density at radius 2 is 2.04 bits per heavy atom. The Morgan fingerprint density at radius 3 is 2.74 bits per heavy atom. The molecular formula is C17H19N3O3. The summed E-state index contributed by atoms with van der Waals surface area (Å²) in [6, 6.07) is 8.59. The second-order valence-corrected chi connectivity index (χ2v) is 5.64. The second kappa shape index (κ2) is 6.24. The van der Waals surface area contributed by atoms with Gasteiger partial charge in [0, 0.05) is 25.4 Å². The van der Waals surface area contributed by atoms with Crippen LogP contribution in [0.1, 0.15) is 45.3 Å². The van der Waals surface area contributed by atoms with Crippen LogP contribution in [0.5, 0.6) is 0 Å². The summed E-state index contributed by atoms with van der Waals surface area (Å²) in [7, 11) is 3.19. The molecule has 2 aromatic rings. The average molecular weight is 313 g/mol. The summed E-state index contributed by atoms with van der Waals surface area (Å²) in [6.07, 6.45) is 3.73. The molecule has 1 aromatic heterocycles. The lowest BCUT2D eigenvalue weighted by molar-refractivity contribution is 0.0600. The molecule has 1 amide bonds. The molecule has 0 bridgehead atoms. The van der Waals surface area contributed by atoms with Crippen LogP contribution in [0.25, 0.3) is 0 Å². The van der Waals surface area contributed by atoms with E-state index in [1.807, 2.05) is 24.2 Å². The first-order chi connectivity index (χ1) is 11.1. The van der Waals surface area contributed by atoms with E-state index in [2.05, 4.69) is 5.10 Å². The van der Waals surface area contributed by atoms with Crippen molar-refractivity contribution < 1.29 is 14.3 Å². The number of methoxy groups -OCH3 is 1. The molecule has 1 fully saturated rings. The summed E-state index contributed by atoms with van der Waals surface area (Å²) in [6.45, 7) is 0.697. The molecule has 1 aliphatic rings. The van der Waals surface area contributed by atoms with Gasteiger partial charge in [-0.25, -0.2) is 4.79 Å². The number of benzene rings is 1. The lowest BCUT2D eigenvalue weighted by Crippen LogP contribution is -2.31. The molecule has 120 valence electrons. The number of nitrogens with zero attached hydrogens (tertiary/aromatic N) is 3. The fourth-order valence-electron chi connectivity index (χ4n) is 2.99. The van der Waals surface area contributed by atoms with Gasteiger partial charge in [-0.05, 0) is 37.1 Å². The van der Waals surface area contributed by atoms with E-state index < -0.39 is 5.97 Å². The lowest BCUT2D eigenvalue weighted by atomic mass is 10.1. The van der Waals surface area contributed by atoms with Crippen LogP contribution in [0, 0.1) is 0 Å². The maximum Gasteiger partial charge on any atom is 0.337 e. The fraction of sp³-hybridized carbons (Fsp3) is 0.353. The number of likely N-dealkylation sites (tertiary alicyclic amines) is 1. The molecule has 1 saturated heterocycles. The van der Waals surface area contributed by atoms with Gasteiger partial charge in [0.05, 0.1) is 24.4 Å². The Kier molecular flexibility index (Phi) is 4.14. The predicted octanol–water partition coefficient (Wildman–Crippen LogP) is 2.18. The van der Waals surface area contributed by atoms with Gasteiger partial charge in [0.1, 0.15) is 0 Å². The van der Waals surface area contributed by atoms with E-state index in [-0.39, 0.29) is 11.9 Å². The van der Waals surface area contributed by atoms with Crippen molar-refractivity contribution in [1.29, 1.82) is 0 Å². The highest BCUT2D eigenvalue weighted by atomic mass is 16.5. The fourth-order valence-corrected chi connectivity index (χ4v) is 2.99. The van der Waals surface area contributed by atoms with Crippen molar-refractivity contribution >= 4 is 11.9 Å². The number of rotatable bonds is 3. The smallest absolute Gasteiger partial charge is 0.337 e. The van der Waals surface area contributed by atoms with Gasteiger partial charge in [-0.2, -0.15) is 5.10 Å². The molecule has 3 rings (SSSR count). The van der Waals surface area contributed by atoms with E-state index in [1.165, 1.54) is 7.11 Å². The third-order valence-corrected chi connectivity index (χ3v) is 4.12. The number of hydrogen-bond acceptors (Lipinski definition) is 4. The second-order valence-electron chi connectivity index (χ2n) is 5.64. The van der Waals surface area contributed by atoms with Gasteiger partial charge in [0.25, 0.3) is 5.91 Å². The van der Waals surface area contributed by atoms with Crippen molar-refractivity contribution in [2.24, 2.45) is 7.05 Å². The van der Waals surface area contributed by atoms with Crippen molar-refractivity contribution in [1.82, 2.24) is 14.7 Å². The number of aryl methyl sites for hydroxylation is 1. The Labute approximate surface area is 134 Å². The standard InChI is InChI=1S/C17H19N3O3/c1-19-10-8-14(18-19)15-7-4-9-20(15)16(21)12-5-3-6-13(11-12)17(22)23-2/h3,5-6,8,10-11,15H,4,7,9H2,1-2H3. The molecule has 0 aliphatic carbocycles. The van der Waals surface area contributed by atoms with Crippen LogP contribution in [-0.4, -0.2) is 40.2 Å². The molecule has 0 radical (unpaired) electrons. The molecular weight excluding hydrogens is 294 g/mol. The highest BCUT2D eigenvalue weighted by Crippen LogP contribution is 2.32. The number of carbonyl (C=O) groups excluding carboxylic acids is 2. The van der Waals surface area contributed by atoms with Crippen LogP contribution in [0.3, 0.4) is 0 Å². The Balaban J connectivity index is 1.86. The Hall–Kier alpha value is -2.63. The van der Waals surface area contributed by atoms with E-state index in [1.54, 1.807) is 28.9 Å². The monoisotopic (exact) mass is 313 g/mol. The topological polar surface area (TPSA) is 64.4 Å². The summed E-state index contributed by atoms with van der Waals surface area (Å²) in [5, 5.41) is 4.43. The summed E-state index contributed by atoms with van der Waals surface area (Å²) < 4.78 is 6.46. The number of ether oxygens (including phenoxy) is 1. The van der Waals surface area contributed by atoms with Crippen LogP contribution in [0.15, 0.2) is 36.5 Å². The largest absolute Gasteiger partial charge is 0.465 e. The van der Waals surface area contributed by atoms with Gasteiger partial charge < -0.3 is 9.64 Å². The molecule has 1 aromatic carbocycles. The van der Waals surface area contributed by atoms with E-state index in [0.29, 0.717) is 17.7 Å². The molecule has 1 unspecified atom stereocenters. The van der Waals surface area contributed by atoms with E-state index in [9.17, 15) is 9.59 Å². The van der Waals surface area contributed by atoms with E-state index >= 15 is 0 Å². The van der Waals surface area contributed by atoms with Gasteiger partial charge in [-0.15, -0.1) is 0 Å². The number of esters is 1. The van der Waals surface area contributed by atoms with Crippen LogP contribution in [0.4, 0.5) is 0 Å². The van der Waals surface area contributed by atoms with Gasteiger partial charge in [-0.3, -0.25) is 9.48 Å². The normalized spacial score (nSPS) is 17.3. The number of amides is 1. The first-order valence-electron chi connectivity index (χ1n) is 7.59. The van der Waals surface area contributed by atoms with Crippen molar-refractivity contribution in [3.8, 4) is 0 Å². The van der Waals surface area contributed by atoms with E-state index in [4.69, 9.17) is 4.74 Å². The van der Waals surface area contributed by atoms with Gasteiger partial charge in [0.2, 0.25) is 0 Å². The zero-order valence-corrected chi connectivity index (χ0v) is 13.2. The molecule has 2 heterocycles. The quantitative estimate of drug-likeness (QED) is 0.815. The first-order valence-corrected chi connectivity index (χ1v) is 7.59. The lowest BCUT2D eigenvalue weighted by Gasteiger charge is -2.23. The van der Waals surface area contributed by atoms with Crippen LogP contribution < -0.4 is 0 Å². The third-order valence-electron chi connectivity index (χ3n) is 4.12. The molecule has 0 spiro atoms. The molecule has 6 nitrogen and oxygen atoms in total. The Morgan fingerprint density at radius 1 is 1.26 bits per heavy atom. The third kappa shape index (κ3) is 2.97. The van der Waals surface area contributed by atoms with Gasteiger partial charge in [0.15, 0.2) is 0 Å². The molecule has 6 heteroatoms. The average Bonchev–Trinajstić information content (AvgIpc) is 3.22. The highest BCUT2D eigenvalue weighted by molar-refractivity contribution is 5.98. The zero-order chi connectivity index (χ0) is 16.4. The van der Waals surface area contributed by atoms with Crippen LogP contribution in [-0.2, 0) is 11.8 Å². The summed E-state index contributed by atoms with van der Waals surface area (Å²) in [4.78, 5) is 26.3. The summed E-state index contributed by atoms with van der Waals surface area (Å²) in [5.74, 6) is -0.522. The summed E-state index contributed by atoms with van der Waals surface area (Å²) >= 11 is 0. The number of hydrogen-bond donors (Lipinski definition) is 0. The van der Waals surface area contributed by atoms with Crippen molar-refractivity contribution in [2.45, 2.75) is 18.9 Å².